The van der Waals surface area contributed by atoms with Gasteiger partial charge in [-0.3, -0.25) is 0 Å². The molecule has 1 fully saturated rings. The topological polar surface area (TPSA) is 75.2 Å². The fraction of sp³-hybridized carbons (Fsp3) is 0.256. The molecule has 1 heterocycles. The van der Waals surface area contributed by atoms with E-state index < -0.39 is 0 Å². The number of para-hydroxylation sites is 1. The summed E-state index contributed by atoms with van der Waals surface area (Å²) in [6.45, 7) is 2.98. The summed E-state index contributed by atoms with van der Waals surface area (Å²) in [5.41, 5.74) is 3.74. The zero-order valence-corrected chi connectivity index (χ0v) is 26.0. The highest BCUT2D eigenvalue weighted by Gasteiger charge is 2.27. The highest BCUT2D eigenvalue weighted by molar-refractivity contribution is 5.89. The maximum Gasteiger partial charge on any atom is 0.338 e. The predicted molar refractivity (Wildman–Crippen MR) is 179 cm³/mol. The van der Waals surface area contributed by atoms with Crippen LogP contribution in [0.15, 0.2) is 115 Å². The lowest BCUT2D eigenvalue weighted by Gasteiger charge is -2.33. The lowest BCUT2D eigenvalue weighted by Crippen LogP contribution is -2.41. The first kappa shape index (κ1) is 31.1. The Hall–Kier alpha value is -4.85. The van der Waals surface area contributed by atoms with Gasteiger partial charge in [0.1, 0.15) is 37.1 Å². The van der Waals surface area contributed by atoms with Crippen molar-refractivity contribution in [3.63, 3.8) is 0 Å². The van der Waals surface area contributed by atoms with E-state index in [0.29, 0.717) is 18.8 Å². The number of carbonyl (C=O) groups is 1. The maximum atomic E-state index is 12.1. The third kappa shape index (κ3) is 7.86. The summed E-state index contributed by atoms with van der Waals surface area (Å²) in [5, 5.41) is 5.77. The number of hydrogen-bond donors (Lipinski definition) is 1. The van der Waals surface area contributed by atoms with Crippen LogP contribution < -0.4 is 19.5 Å². The lowest BCUT2D eigenvalue weighted by molar-refractivity contribution is 0.00960. The van der Waals surface area contributed by atoms with Gasteiger partial charge in [-0.15, -0.1) is 0 Å². The van der Waals surface area contributed by atoms with Gasteiger partial charge >= 0.3 is 5.97 Å². The number of rotatable bonds is 13. The Kier molecular flexibility index (Phi) is 10.4. The first-order valence-electron chi connectivity index (χ1n) is 15.7. The molecule has 5 aromatic carbocycles. The van der Waals surface area contributed by atoms with E-state index in [9.17, 15) is 4.79 Å². The van der Waals surface area contributed by atoms with Crippen LogP contribution >= 0.6 is 0 Å². The van der Waals surface area contributed by atoms with Gasteiger partial charge in [0.05, 0.1) is 25.4 Å². The van der Waals surface area contributed by atoms with Crippen molar-refractivity contribution in [1.29, 1.82) is 0 Å². The lowest BCUT2D eigenvalue weighted by atomic mass is 9.87. The second kappa shape index (κ2) is 15.4. The number of carbonyl (C=O) groups excluding carboxylic acids is 1. The number of nitrogens with one attached hydrogen (secondary N) is 1. The molecule has 0 saturated carbocycles. The van der Waals surface area contributed by atoms with E-state index in [1.54, 1.807) is 19.2 Å². The molecule has 0 amide bonds. The molecule has 7 heteroatoms. The molecule has 1 aliphatic rings. The molecule has 5 aromatic rings. The van der Waals surface area contributed by atoms with E-state index in [-0.39, 0.29) is 31.2 Å². The smallest absolute Gasteiger partial charge is 0.338 e. The fourth-order valence-electron chi connectivity index (χ4n) is 5.84. The van der Waals surface area contributed by atoms with Crippen molar-refractivity contribution >= 4 is 16.7 Å². The Bertz CT molecular complexity index is 1720. The van der Waals surface area contributed by atoms with Crippen molar-refractivity contribution in [1.82, 2.24) is 5.32 Å². The van der Waals surface area contributed by atoms with E-state index in [1.807, 2.05) is 66.7 Å². The molecule has 0 aliphatic carbocycles. The Labute approximate surface area is 270 Å². The average Bonchev–Trinajstić information content (AvgIpc) is 3.12. The third-order valence-corrected chi connectivity index (χ3v) is 8.29. The molecular formula is C39H39NO6. The number of hydrogen-bond acceptors (Lipinski definition) is 7. The molecule has 0 bridgehead atoms. The van der Waals surface area contributed by atoms with Gasteiger partial charge < -0.3 is 29.0 Å². The summed E-state index contributed by atoms with van der Waals surface area (Å²) in [6, 6.07) is 37.6. The molecule has 0 spiro atoms. The van der Waals surface area contributed by atoms with Crippen molar-refractivity contribution in [2.45, 2.75) is 31.7 Å². The molecule has 1 saturated heterocycles. The quantitative estimate of drug-likeness (QED) is 0.110. The van der Waals surface area contributed by atoms with Crippen LogP contribution in [0.5, 0.6) is 17.2 Å². The standard InChI is InChI=1S/C39H39NO6/c1-42-36-14-8-7-13-32(36)26-45-37-24-31-12-6-5-11-30(31)23-33(37)27-46-38-25-40-20-19-35(38)28-15-17-34(18-16-28)43-21-22-44-39(41)29-9-3-2-4-10-29/h2-18,23-24,35,38,40H,19-22,25-27H2,1H3. The van der Waals surface area contributed by atoms with Crippen LogP contribution in [-0.4, -0.2) is 45.5 Å². The zero-order valence-electron chi connectivity index (χ0n) is 26.0. The summed E-state index contributed by atoms with van der Waals surface area (Å²) in [6.07, 6.45) is 0.960. The van der Waals surface area contributed by atoms with E-state index in [1.165, 1.54) is 5.56 Å². The molecule has 0 aromatic heterocycles. The van der Waals surface area contributed by atoms with Gasteiger partial charge in [-0.2, -0.15) is 0 Å². The van der Waals surface area contributed by atoms with Crippen LogP contribution in [0, 0.1) is 0 Å². The number of fused-ring (bicyclic) bond motifs is 1. The van der Waals surface area contributed by atoms with Gasteiger partial charge in [0.2, 0.25) is 0 Å². The minimum atomic E-state index is -0.352. The number of piperidine rings is 1. The molecule has 2 atom stereocenters. The van der Waals surface area contributed by atoms with Crippen LogP contribution in [0.2, 0.25) is 0 Å². The highest BCUT2D eigenvalue weighted by atomic mass is 16.6. The van der Waals surface area contributed by atoms with Gasteiger partial charge in [-0.1, -0.05) is 72.8 Å². The second-order valence-electron chi connectivity index (χ2n) is 11.3. The summed E-state index contributed by atoms with van der Waals surface area (Å²) >= 11 is 0. The van der Waals surface area contributed by atoms with E-state index in [2.05, 4.69) is 41.7 Å². The second-order valence-corrected chi connectivity index (χ2v) is 11.3. The van der Waals surface area contributed by atoms with Crippen LogP contribution in [-0.2, 0) is 22.7 Å². The van der Waals surface area contributed by atoms with E-state index >= 15 is 0 Å². The van der Waals surface area contributed by atoms with Crippen molar-refractivity contribution in [2.75, 3.05) is 33.4 Å². The zero-order chi connectivity index (χ0) is 31.6. The van der Waals surface area contributed by atoms with Crippen LogP contribution in [0.1, 0.15) is 39.4 Å². The normalized spacial score (nSPS) is 16.1. The van der Waals surface area contributed by atoms with Crippen molar-refractivity contribution in [2.24, 2.45) is 0 Å². The van der Waals surface area contributed by atoms with Crippen molar-refractivity contribution in [3.8, 4) is 17.2 Å². The largest absolute Gasteiger partial charge is 0.496 e. The first-order valence-corrected chi connectivity index (χ1v) is 15.7. The maximum absolute atomic E-state index is 12.1. The predicted octanol–water partition coefficient (Wildman–Crippen LogP) is 7.33. The number of esters is 1. The van der Waals surface area contributed by atoms with E-state index in [0.717, 1.165) is 58.7 Å². The molecule has 6 rings (SSSR count). The minimum absolute atomic E-state index is 0.00791. The number of methoxy groups -OCH3 is 1. The molecule has 1 aliphatic heterocycles. The Balaban J connectivity index is 1.08. The number of benzene rings is 5. The van der Waals surface area contributed by atoms with Crippen LogP contribution in [0.3, 0.4) is 0 Å². The monoisotopic (exact) mass is 617 g/mol. The van der Waals surface area contributed by atoms with E-state index in [4.69, 9.17) is 23.7 Å². The van der Waals surface area contributed by atoms with Crippen molar-refractivity contribution in [3.05, 3.63) is 138 Å². The fourth-order valence-corrected chi connectivity index (χ4v) is 5.84. The molecule has 46 heavy (non-hydrogen) atoms. The first-order chi connectivity index (χ1) is 22.7. The number of ether oxygens (including phenoxy) is 5. The van der Waals surface area contributed by atoms with Gasteiger partial charge in [0, 0.05) is 23.6 Å². The Morgan fingerprint density at radius 3 is 2.28 bits per heavy atom. The average molecular weight is 618 g/mol. The highest BCUT2D eigenvalue weighted by Crippen LogP contribution is 2.33. The Morgan fingerprint density at radius 1 is 0.739 bits per heavy atom. The van der Waals surface area contributed by atoms with Crippen LogP contribution in [0.4, 0.5) is 0 Å². The summed E-state index contributed by atoms with van der Waals surface area (Å²) < 4.78 is 29.7. The van der Waals surface area contributed by atoms with Crippen LogP contribution in [0.25, 0.3) is 10.8 Å². The molecule has 7 nitrogen and oxygen atoms in total. The molecule has 0 radical (unpaired) electrons. The minimum Gasteiger partial charge on any atom is -0.496 e. The molecule has 236 valence electrons. The summed E-state index contributed by atoms with van der Waals surface area (Å²) in [5.74, 6) is 2.23. The Morgan fingerprint density at radius 2 is 1.48 bits per heavy atom. The van der Waals surface area contributed by atoms with Gasteiger partial charge in [-0.25, -0.2) is 4.79 Å². The summed E-state index contributed by atoms with van der Waals surface area (Å²) in [4.78, 5) is 12.1. The van der Waals surface area contributed by atoms with Crippen molar-refractivity contribution < 1.29 is 28.5 Å². The van der Waals surface area contributed by atoms with Gasteiger partial charge in [0.15, 0.2) is 0 Å². The van der Waals surface area contributed by atoms with Gasteiger partial charge in [0.25, 0.3) is 0 Å². The SMILES string of the molecule is COc1ccccc1COc1cc2ccccc2cc1COC1CNCCC1c1ccc(OCCOC(=O)c2ccccc2)cc1. The molecule has 1 N–H and O–H groups in total. The summed E-state index contributed by atoms with van der Waals surface area (Å²) in [7, 11) is 1.68. The van der Waals surface area contributed by atoms with Gasteiger partial charge in [-0.05, 0) is 71.8 Å². The third-order valence-electron chi connectivity index (χ3n) is 8.29. The molecule has 2 unspecified atom stereocenters. The molecular weight excluding hydrogens is 578 g/mol.